The fourth-order valence-corrected chi connectivity index (χ4v) is 15.7. The first-order valence-electron chi connectivity index (χ1n) is 28.4. The molecule has 4 amide bonds. The van der Waals surface area contributed by atoms with E-state index in [-0.39, 0.29) is 133 Å². The number of ketones is 2. The van der Waals surface area contributed by atoms with Gasteiger partial charge in [0.05, 0.1) is 22.4 Å². The van der Waals surface area contributed by atoms with E-state index in [1.54, 1.807) is 59.9 Å². The Kier molecular flexibility index (Phi) is 19.2. The Labute approximate surface area is 464 Å². The van der Waals surface area contributed by atoms with E-state index in [2.05, 4.69) is 36.4 Å². The average Bonchev–Trinajstić information content (AvgIpc) is 3.66. The van der Waals surface area contributed by atoms with E-state index in [0.717, 1.165) is 62.7 Å². The number of thiazole rings is 1. The molecule has 1 aromatic heterocycles. The number of unbranched alkanes of at least 4 members (excludes halogenated alkanes) is 1. The fraction of sp³-hybridized carbons (Fsp3) is 0.683. The van der Waals surface area contributed by atoms with Gasteiger partial charge in [0.25, 0.3) is 0 Å². The number of carbonyl (C=O) groups excluding carboxylic acids is 6. The zero-order valence-electron chi connectivity index (χ0n) is 47.4. The lowest BCUT2D eigenvalue weighted by Crippen LogP contribution is -2.58. The predicted octanol–water partition coefficient (Wildman–Crippen LogP) is 8.69. The molecule has 4 fully saturated rings. The van der Waals surface area contributed by atoms with Crippen molar-refractivity contribution >= 4 is 62.9 Å². The number of aliphatic hydroxyl groups excluding tert-OH is 2. The number of fused-ring (bicyclic) bond motifs is 6. The number of aliphatic hydroxyl groups is 2. The summed E-state index contributed by atoms with van der Waals surface area (Å²) in [5.74, 6) is -0.0114. The molecule has 4 saturated carbocycles. The third-order valence-corrected chi connectivity index (χ3v) is 20.4. The number of nitriles is 1. The van der Waals surface area contributed by atoms with Gasteiger partial charge < -0.3 is 40.5 Å². The van der Waals surface area contributed by atoms with Gasteiger partial charge in [0.1, 0.15) is 17.9 Å². The van der Waals surface area contributed by atoms with Crippen LogP contribution in [-0.4, -0.2) is 123 Å². The number of hydrogen-bond acceptors (Lipinski definition) is 13. The van der Waals surface area contributed by atoms with Crippen LogP contribution in [0.3, 0.4) is 0 Å². The molecule has 78 heavy (non-hydrogen) atoms. The lowest BCUT2D eigenvalue weighted by molar-refractivity contribution is -0.174. The molecule has 0 aliphatic heterocycles. The molecule has 7 rings (SSSR count). The minimum Gasteiger partial charge on any atom is -0.480 e. The molecule has 5 aliphatic rings. The van der Waals surface area contributed by atoms with E-state index in [0.29, 0.717) is 75.4 Å². The standard InChI is InChI=1S/C60H84N6O11S/c1-34(41-17-18-42-52-43(22-24-60(41,42)8)59(7)23-21-39(67)29-38(59)30-46(52)68)15-20-49(70)63-45(56(74)75)13-10-11-25-62-48(69)14-12-26-66(57(76)77-40-16-19-44-47(31-40)78-50(33-61)64-44)28-27-65(9)51(71)32-58(5,6)53-37(4)54(72)35(2)36(3)55(53)73/h16,19,31,34,38-39,41-43,45-46,52,67-68H,10-15,17-18,20-30,32H2,1-9H3,(H,62,69)(H,63,70)(H,74,75)/t34-,38+,39-,41-,42+,43+,45?,46-,52+,59+,60-/m1/s1. The van der Waals surface area contributed by atoms with Gasteiger partial charge >= 0.3 is 12.1 Å². The van der Waals surface area contributed by atoms with E-state index in [1.165, 1.54) is 9.80 Å². The maximum Gasteiger partial charge on any atom is 0.415 e. The van der Waals surface area contributed by atoms with Crippen molar-refractivity contribution in [2.75, 3.05) is 33.2 Å². The fourth-order valence-electron chi connectivity index (χ4n) is 14.9. The molecular weight excluding hydrogens is 1010 g/mol. The lowest BCUT2D eigenvalue weighted by Gasteiger charge is -2.62. The summed E-state index contributed by atoms with van der Waals surface area (Å²) >= 11 is 1.16. The molecule has 5 aliphatic carbocycles. The number of carbonyl (C=O) groups is 7. The highest BCUT2D eigenvalue weighted by atomic mass is 32.1. The van der Waals surface area contributed by atoms with Crippen LogP contribution in [0.25, 0.3) is 10.2 Å². The number of aromatic nitrogens is 1. The maximum absolute atomic E-state index is 13.7. The summed E-state index contributed by atoms with van der Waals surface area (Å²) in [5, 5.41) is 47.3. The van der Waals surface area contributed by atoms with Crippen LogP contribution in [-0.2, 0) is 28.8 Å². The number of hydrogen-bond donors (Lipinski definition) is 5. The van der Waals surface area contributed by atoms with Crippen molar-refractivity contribution in [3.05, 3.63) is 45.5 Å². The minimum absolute atomic E-state index is 0.0474. The van der Waals surface area contributed by atoms with Crippen LogP contribution in [0.4, 0.5) is 4.79 Å². The summed E-state index contributed by atoms with van der Waals surface area (Å²) in [7, 11) is 1.59. The molecule has 0 saturated heterocycles. The van der Waals surface area contributed by atoms with Crippen molar-refractivity contribution in [2.45, 2.75) is 176 Å². The molecule has 1 unspecified atom stereocenters. The van der Waals surface area contributed by atoms with Crippen LogP contribution in [0.15, 0.2) is 40.5 Å². The lowest BCUT2D eigenvalue weighted by atomic mass is 9.43. The first-order valence-corrected chi connectivity index (χ1v) is 29.3. The van der Waals surface area contributed by atoms with Crippen molar-refractivity contribution in [3.8, 4) is 11.8 Å². The topological polar surface area (TPSA) is 257 Å². The molecule has 17 nitrogen and oxygen atoms in total. The largest absolute Gasteiger partial charge is 0.480 e. The summed E-state index contributed by atoms with van der Waals surface area (Å²) in [6.45, 7) is 16.0. The van der Waals surface area contributed by atoms with Gasteiger partial charge in [-0.25, -0.2) is 14.6 Å². The second-order valence-corrected chi connectivity index (χ2v) is 25.8. The molecule has 2 aromatic rings. The summed E-state index contributed by atoms with van der Waals surface area (Å²) in [4.78, 5) is 99.4. The number of Topliss-reactive ketones (excluding diaryl/α,β-unsaturated/α-hetero) is 2. The highest BCUT2D eigenvalue weighted by Crippen LogP contribution is 2.68. The van der Waals surface area contributed by atoms with Gasteiger partial charge in [0.15, 0.2) is 16.6 Å². The first-order chi connectivity index (χ1) is 36.8. The Morgan fingerprint density at radius 3 is 2.31 bits per heavy atom. The third-order valence-electron chi connectivity index (χ3n) is 19.5. The molecule has 18 heteroatoms. The summed E-state index contributed by atoms with van der Waals surface area (Å²) in [5.41, 5.74) is 1.25. The van der Waals surface area contributed by atoms with Gasteiger partial charge in [-0.05, 0) is 163 Å². The van der Waals surface area contributed by atoms with E-state index in [9.17, 15) is 54.1 Å². The molecule has 1 aromatic carbocycles. The van der Waals surface area contributed by atoms with Gasteiger partial charge in [-0.3, -0.25) is 24.0 Å². The van der Waals surface area contributed by atoms with Crippen LogP contribution < -0.4 is 15.4 Å². The Bertz CT molecular complexity index is 2740. The highest BCUT2D eigenvalue weighted by Gasteiger charge is 2.63. The molecule has 426 valence electrons. The quantitative estimate of drug-likeness (QED) is 0.0547. The zero-order valence-corrected chi connectivity index (χ0v) is 48.2. The van der Waals surface area contributed by atoms with Crippen molar-refractivity contribution in [1.82, 2.24) is 25.4 Å². The number of ether oxygens (including phenoxy) is 1. The molecule has 0 radical (unpaired) electrons. The summed E-state index contributed by atoms with van der Waals surface area (Å²) < 4.78 is 6.42. The summed E-state index contributed by atoms with van der Waals surface area (Å²) in [6.07, 6.45) is 8.69. The van der Waals surface area contributed by atoms with Gasteiger partial charge in [-0.1, -0.05) is 34.6 Å². The number of likely N-dealkylation sites (N-methyl/N-ethyl adjacent to an activating group) is 1. The molecule has 0 bridgehead atoms. The van der Waals surface area contributed by atoms with Gasteiger partial charge in [-0.2, -0.15) is 5.26 Å². The Hall–Kier alpha value is -5.51. The molecule has 5 N–H and O–H groups in total. The minimum atomic E-state index is -1.11. The zero-order chi connectivity index (χ0) is 57.0. The number of rotatable bonds is 22. The summed E-state index contributed by atoms with van der Waals surface area (Å²) in [6, 6.07) is 5.80. The van der Waals surface area contributed by atoms with Gasteiger partial charge in [0, 0.05) is 86.3 Å². The molecule has 11 atom stereocenters. The molecular formula is C60H84N6O11S. The van der Waals surface area contributed by atoms with Crippen LogP contribution in [0, 0.1) is 63.1 Å². The molecule has 0 spiro atoms. The SMILES string of the molecule is CC1=C(C)C(=O)C(C(C)(C)CC(=O)N(C)CCN(CCCC(=O)NCCCCC(NC(=O)CC[C@@H](C)[C@H]2CC[C@H]3[C@@H]4[C@H](O)C[C@@H]5C[C@H](O)CC[C@]5(C)[C@H]4CC[C@]23C)C(=O)O)C(=O)Oc2ccc3nc(C#N)sc3c2)=C(C)C1=O. The second-order valence-electron chi connectivity index (χ2n) is 24.8. The van der Waals surface area contributed by atoms with Crippen molar-refractivity contribution in [3.63, 3.8) is 0 Å². The monoisotopic (exact) mass is 1100 g/mol. The van der Waals surface area contributed by atoms with E-state index in [4.69, 9.17) is 4.74 Å². The van der Waals surface area contributed by atoms with Crippen molar-refractivity contribution in [1.29, 1.82) is 5.26 Å². The van der Waals surface area contributed by atoms with Crippen LogP contribution >= 0.6 is 11.3 Å². The second kappa shape index (κ2) is 24.9. The van der Waals surface area contributed by atoms with Crippen LogP contribution in [0.5, 0.6) is 5.75 Å². The first kappa shape index (κ1) is 60.1. The normalized spacial score (nSPS) is 27.7. The van der Waals surface area contributed by atoms with E-state index in [1.807, 2.05) is 6.07 Å². The third kappa shape index (κ3) is 13.1. The predicted molar refractivity (Wildman–Crippen MR) is 296 cm³/mol. The highest BCUT2D eigenvalue weighted by molar-refractivity contribution is 7.19. The smallest absolute Gasteiger partial charge is 0.415 e. The van der Waals surface area contributed by atoms with Crippen molar-refractivity contribution < 1.29 is 53.6 Å². The number of carboxylic acid groups (broad SMARTS) is 1. The number of allylic oxidation sites excluding steroid dienone is 4. The Morgan fingerprint density at radius 2 is 1.59 bits per heavy atom. The van der Waals surface area contributed by atoms with Crippen molar-refractivity contribution in [2.24, 2.45) is 51.8 Å². The van der Waals surface area contributed by atoms with Gasteiger partial charge in [0.2, 0.25) is 17.7 Å². The number of carboxylic acids is 1. The van der Waals surface area contributed by atoms with E-state index >= 15 is 0 Å². The average molecular weight is 1100 g/mol. The number of nitrogens with zero attached hydrogens (tertiary/aromatic N) is 4. The number of nitrogens with one attached hydrogen (secondary N) is 2. The van der Waals surface area contributed by atoms with Gasteiger partial charge in [-0.15, -0.1) is 11.3 Å². The van der Waals surface area contributed by atoms with Crippen LogP contribution in [0.1, 0.15) is 163 Å². The van der Waals surface area contributed by atoms with Crippen LogP contribution in [0.2, 0.25) is 0 Å². The molecule has 1 heterocycles. The number of aliphatic carboxylic acids is 1. The Morgan fingerprint density at radius 1 is 0.885 bits per heavy atom. The number of benzene rings is 1. The Balaban J connectivity index is 0.849. The number of amides is 4. The van der Waals surface area contributed by atoms with E-state index < -0.39 is 23.5 Å². The maximum atomic E-state index is 13.7.